The van der Waals surface area contributed by atoms with E-state index in [1.807, 2.05) is 78.9 Å². The number of hydrogen-bond acceptors (Lipinski definition) is 6. The van der Waals surface area contributed by atoms with Gasteiger partial charge in [-0.15, -0.1) is 11.8 Å². The first-order chi connectivity index (χ1) is 20.6. The fourth-order valence-electron chi connectivity index (χ4n) is 4.73. The van der Waals surface area contributed by atoms with Crippen LogP contribution in [0.3, 0.4) is 0 Å². The second-order valence-electron chi connectivity index (χ2n) is 9.88. The summed E-state index contributed by atoms with van der Waals surface area (Å²) in [6, 6.07) is 29.6. The molecule has 0 saturated carbocycles. The van der Waals surface area contributed by atoms with Gasteiger partial charge in [0.25, 0.3) is 0 Å². The van der Waals surface area contributed by atoms with Crippen molar-refractivity contribution in [2.24, 2.45) is 0 Å². The number of carbonyl (C=O) groups excluding carboxylic acids is 3. The molecule has 1 aliphatic heterocycles. The highest BCUT2D eigenvalue weighted by Crippen LogP contribution is 2.42. The van der Waals surface area contributed by atoms with E-state index >= 15 is 0 Å². The number of nitrogens with one attached hydrogen (secondary N) is 2. The lowest BCUT2D eigenvalue weighted by molar-refractivity contribution is -0.121. The maximum absolute atomic E-state index is 13.5. The molecular formula is C33H32N4O4S. The Morgan fingerprint density at radius 2 is 1.55 bits per heavy atom. The van der Waals surface area contributed by atoms with Crippen molar-refractivity contribution >= 4 is 35.4 Å². The molecule has 0 bridgehead atoms. The first kappa shape index (κ1) is 28.9. The maximum Gasteiger partial charge on any atom is 0.412 e. The molecule has 1 aliphatic rings. The van der Waals surface area contributed by atoms with Crippen LogP contribution in [0.15, 0.2) is 109 Å². The number of ether oxygens (including phenoxy) is 1. The van der Waals surface area contributed by atoms with Crippen LogP contribution in [0.2, 0.25) is 0 Å². The highest BCUT2D eigenvalue weighted by Gasteiger charge is 2.43. The zero-order chi connectivity index (χ0) is 29.1. The van der Waals surface area contributed by atoms with Gasteiger partial charge in [-0.25, -0.2) is 4.79 Å². The van der Waals surface area contributed by atoms with Crippen molar-refractivity contribution in [2.75, 3.05) is 17.6 Å². The summed E-state index contributed by atoms with van der Waals surface area (Å²) in [6.45, 7) is 0.654. The molecule has 8 nitrogen and oxygen atoms in total. The smallest absolute Gasteiger partial charge is 0.412 e. The first-order valence-electron chi connectivity index (χ1n) is 13.8. The summed E-state index contributed by atoms with van der Waals surface area (Å²) in [6.07, 6.45) is 3.72. The van der Waals surface area contributed by atoms with Crippen molar-refractivity contribution in [3.05, 3.63) is 132 Å². The van der Waals surface area contributed by atoms with Gasteiger partial charge >= 0.3 is 6.09 Å². The Hall–Kier alpha value is -4.63. The maximum atomic E-state index is 13.5. The molecule has 214 valence electrons. The Labute approximate surface area is 249 Å². The summed E-state index contributed by atoms with van der Waals surface area (Å²) in [5, 5.41) is 5.51. The van der Waals surface area contributed by atoms with E-state index in [-0.39, 0.29) is 24.8 Å². The minimum atomic E-state index is -0.749. The van der Waals surface area contributed by atoms with Crippen LogP contribution in [-0.4, -0.2) is 46.1 Å². The van der Waals surface area contributed by atoms with Crippen molar-refractivity contribution in [3.63, 3.8) is 0 Å². The third-order valence-electron chi connectivity index (χ3n) is 6.85. The molecule has 2 heterocycles. The van der Waals surface area contributed by atoms with E-state index in [4.69, 9.17) is 4.74 Å². The van der Waals surface area contributed by atoms with Crippen molar-refractivity contribution in [1.29, 1.82) is 0 Å². The second-order valence-corrected chi connectivity index (χ2v) is 11.0. The number of nitrogens with zero attached hydrogens (tertiary/aromatic N) is 2. The Morgan fingerprint density at radius 3 is 2.29 bits per heavy atom. The highest BCUT2D eigenvalue weighted by atomic mass is 32.2. The van der Waals surface area contributed by atoms with E-state index in [2.05, 4.69) is 15.6 Å². The molecule has 0 aliphatic carbocycles. The molecule has 2 atom stereocenters. The zero-order valence-electron chi connectivity index (χ0n) is 23.0. The number of aromatic nitrogens is 1. The van der Waals surface area contributed by atoms with Crippen molar-refractivity contribution < 1.29 is 19.1 Å². The quantitative estimate of drug-likeness (QED) is 0.262. The van der Waals surface area contributed by atoms with E-state index in [1.165, 1.54) is 16.7 Å². The van der Waals surface area contributed by atoms with Gasteiger partial charge in [-0.3, -0.25) is 19.5 Å². The first-order valence-corrected chi connectivity index (χ1v) is 14.8. The lowest BCUT2D eigenvalue weighted by atomic mass is 10.1. The number of benzene rings is 3. The van der Waals surface area contributed by atoms with E-state index in [0.29, 0.717) is 18.0 Å². The molecule has 1 unspecified atom stereocenters. The lowest BCUT2D eigenvalue weighted by Crippen LogP contribution is -2.45. The average Bonchev–Trinajstić information content (AvgIpc) is 3.47. The van der Waals surface area contributed by atoms with Crippen molar-refractivity contribution in [1.82, 2.24) is 15.2 Å². The van der Waals surface area contributed by atoms with Crippen LogP contribution < -0.4 is 10.6 Å². The fraction of sp³-hybridized carbons (Fsp3) is 0.212. The summed E-state index contributed by atoms with van der Waals surface area (Å²) in [5.74, 6) is -0.00252. The topological polar surface area (TPSA) is 101 Å². The summed E-state index contributed by atoms with van der Waals surface area (Å²) in [7, 11) is 0. The molecule has 1 fully saturated rings. The Morgan fingerprint density at radius 1 is 0.857 bits per heavy atom. The van der Waals surface area contributed by atoms with Gasteiger partial charge in [0.1, 0.15) is 18.0 Å². The normalized spacial score (nSPS) is 16.0. The number of hydrogen-bond donors (Lipinski definition) is 2. The number of anilines is 1. The average molecular weight is 581 g/mol. The van der Waals surface area contributed by atoms with Crippen LogP contribution in [0.5, 0.6) is 0 Å². The minimum absolute atomic E-state index is 0.0888. The van der Waals surface area contributed by atoms with Crippen LogP contribution in [-0.2, 0) is 33.8 Å². The highest BCUT2D eigenvalue weighted by molar-refractivity contribution is 7.99. The number of pyridine rings is 1. The van der Waals surface area contributed by atoms with Gasteiger partial charge in [-0.05, 0) is 52.9 Å². The summed E-state index contributed by atoms with van der Waals surface area (Å²) < 4.78 is 5.65. The fourth-order valence-corrected chi connectivity index (χ4v) is 6.15. The molecule has 0 radical (unpaired) electrons. The van der Waals surface area contributed by atoms with Crippen LogP contribution in [0, 0.1) is 0 Å². The summed E-state index contributed by atoms with van der Waals surface area (Å²) in [5.41, 5.74) is 4.23. The molecule has 42 heavy (non-hydrogen) atoms. The van der Waals surface area contributed by atoms with Crippen molar-refractivity contribution in [3.8, 4) is 0 Å². The minimum Gasteiger partial charge on any atom is -0.444 e. The number of thioether (sulfide) groups is 1. The van der Waals surface area contributed by atoms with E-state index < -0.39 is 17.5 Å². The molecule has 3 aromatic carbocycles. The molecule has 2 N–H and O–H groups in total. The summed E-state index contributed by atoms with van der Waals surface area (Å²) in [4.78, 5) is 45.0. The second kappa shape index (κ2) is 14.3. The van der Waals surface area contributed by atoms with Crippen LogP contribution in [0.4, 0.5) is 10.5 Å². The Kier molecular flexibility index (Phi) is 9.85. The predicted octanol–water partition coefficient (Wildman–Crippen LogP) is 5.37. The third kappa shape index (κ3) is 7.76. The Bertz CT molecular complexity index is 1490. The third-order valence-corrected chi connectivity index (χ3v) is 8.17. The molecule has 4 aromatic rings. The van der Waals surface area contributed by atoms with Crippen LogP contribution >= 0.6 is 11.8 Å². The predicted molar refractivity (Wildman–Crippen MR) is 164 cm³/mol. The number of amides is 3. The van der Waals surface area contributed by atoms with E-state index in [9.17, 15) is 14.4 Å². The molecule has 1 aromatic heterocycles. The van der Waals surface area contributed by atoms with Crippen LogP contribution in [0.25, 0.3) is 0 Å². The standard InChI is InChI=1S/C33H32N4O4S/c38-30(35-19-14-24-8-3-1-4-9-24)21-26-12-7-13-28(20-26)36-31(39)29-23-42-32(27-15-17-34-18-16-27)37(29)33(40)41-22-25-10-5-2-6-11-25/h1-13,15-18,20,29,32H,14,19,21-23H2,(H,35,38)(H,36,39)/t29-,32?/m0/s1. The molecule has 9 heteroatoms. The molecule has 3 amide bonds. The van der Waals surface area contributed by atoms with Crippen molar-refractivity contribution in [2.45, 2.75) is 30.9 Å². The monoisotopic (exact) mass is 580 g/mol. The number of carbonyl (C=O) groups is 3. The van der Waals surface area contributed by atoms with E-state index in [1.54, 1.807) is 30.6 Å². The Balaban J connectivity index is 1.22. The molecule has 0 spiro atoms. The van der Waals surface area contributed by atoms with Crippen LogP contribution in [0.1, 0.15) is 27.6 Å². The van der Waals surface area contributed by atoms with Gasteiger partial charge in [-0.1, -0.05) is 72.8 Å². The summed E-state index contributed by atoms with van der Waals surface area (Å²) >= 11 is 1.50. The zero-order valence-corrected chi connectivity index (χ0v) is 23.8. The van der Waals surface area contributed by atoms with Gasteiger partial charge < -0.3 is 15.4 Å². The van der Waals surface area contributed by atoms with Gasteiger partial charge in [0.05, 0.1) is 6.42 Å². The lowest BCUT2D eigenvalue weighted by Gasteiger charge is -2.28. The van der Waals surface area contributed by atoms with Gasteiger partial charge in [-0.2, -0.15) is 0 Å². The number of rotatable bonds is 10. The largest absolute Gasteiger partial charge is 0.444 e. The van der Waals surface area contributed by atoms with E-state index in [0.717, 1.165) is 28.7 Å². The molecule has 1 saturated heterocycles. The molecular weight excluding hydrogens is 548 g/mol. The SMILES string of the molecule is O=C(Cc1cccc(NC(=O)[C@@H]2CSC(c3ccncc3)N2C(=O)OCc2ccccc2)c1)NCCc1ccccc1. The van der Waals surface area contributed by atoms with Gasteiger partial charge in [0.2, 0.25) is 11.8 Å². The van der Waals surface area contributed by atoms with Gasteiger partial charge in [0, 0.05) is 30.4 Å². The molecule has 5 rings (SSSR count). The van der Waals surface area contributed by atoms with Gasteiger partial charge in [0.15, 0.2) is 0 Å².